The fraction of sp³-hybridized carbons (Fsp3) is 0.385. The molecular weight excluding hydrogens is 559 g/mol. The Morgan fingerprint density at radius 3 is 2.66 bits per heavy atom. The molecule has 0 unspecified atom stereocenters. The van der Waals surface area contributed by atoms with E-state index in [1.807, 2.05) is 0 Å². The zero-order valence-electron chi connectivity index (χ0n) is 20.4. The molecule has 1 amide bonds. The molecule has 0 atom stereocenters. The van der Waals surface area contributed by atoms with Crippen molar-refractivity contribution < 1.29 is 39.6 Å². The molecule has 5 rings (SSSR count). The molecule has 0 spiro atoms. The zero-order chi connectivity index (χ0) is 26.2. The molecule has 0 bridgehead atoms. The van der Waals surface area contributed by atoms with Crippen LogP contribution in [-0.4, -0.2) is 46.0 Å². The van der Waals surface area contributed by atoms with Crippen LogP contribution < -0.4 is 9.64 Å². The molecule has 1 aliphatic carbocycles. The number of alkyl halides is 2. The number of ether oxygens (including phenoxy) is 1. The second-order valence-electron chi connectivity index (χ2n) is 8.40. The quantitative estimate of drug-likeness (QED) is 0.247. The first-order valence-electron chi connectivity index (χ1n) is 11.7. The van der Waals surface area contributed by atoms with E-state index < -0.39 is 12.1 Å². The first-order valence-corrected chi connectivity index (χ1v) is 12.5. The van der Waals surface area contributed by atoms with Crippen molar-refractivity contribution in [1.29, 1.82) is 0 Å². The van der Waals surface area contributed by atoms with Crippen LogP contribution in [0.1, 0.15) is 61.2 Å². The summed E-state index contributed by atoms with van der Waals surface area (Å²) in [5, 5.41) is 8.10. The number of anilines is 1. The molecule has 38 heavy (non-hydrogen) atoms. The van der Waals surface area contributed by atoms with E-state index in [2.05, 4.69) is 37.5 Å². The average Bonchev–Trinajstić information content (AvgIpc) is 3.66. The molecule has 0 aromatic carbocycles. The number of amides is 1. The van der Waals surface area contributed by atoms with Gasteiger partial charge in [0.25, 0.3) is 6.43 Å². The van der Waals surface area contributed by atoms with Gasteiger partial charge < -0.3 is 25.9 Å². The molecule has 12 heteroatoms. The topological polar surface area (TPSA) is 98.2 Å². The number of hydrogen-bond donors (Lipinski definition) is 0. The summed E-state index contributed by atoms with van der Waals surface area (Å²) >= 11 is 1.37. The van der Waals surface area contributed by atoms with Crippen LogP contribution in [0.15, 0.2) is 24.5 Å². The molecule has 2 aliphatic rings. The largest absolute Gasteiger partial charge is 2.00 e. The van der Waals surface area contributed by atoms with E-state index in [-0.39, 0.29) is 39.3 Å². The SMILES string of the molecule is C(#CC1CC1)c1nn[c-]s1.COc1cnc(C(F)F)cc1-c1cc(N2CCCCCC2=O)ncc1[C-]=O.[Ni+2]. The van der Waals surface area contributed by atoms with Crippen molar-refractivity contribution in [3.8, 4) is 28.7 Å². The molecule has 3 aromatic heterocycles. The number of halogens is 2. The van der Waals surface area contributed by atoms with E-state index in [4.69, 9.17) is 4.74 Å². The molecule has 4 heterocycles. The molecule has 3 aromatic rings. The van der Waals surface area contributed by atoms with Crippen molar-refractivity contribution in [3.63, 3.8) is 0 Å². The van der Waals surface area contributed by atoms with Crippen molar-refractivity contribution >= 4 is 29.3 Å². The number of carbonyl (C=O) groups excluding carboxylic acids is 2. The monoisotopic (exact) mass is 581 g/mol. The molecule has 0 radical (unpaired) electrons. The molecule has 1 saturated carbocycles. The van der Waals surface area contributed by atoms with Gasteiger partial charge >= 0.3 is 16.5 Å². The summed E-state index contributed by atoms with van der Waals surface area (Å²) in [6, 6.07) is 2.71. The van der Waals surface area contributed by atoms with Gasteiger partial charge in [-0.3, -0.25) is 19.8 Å². The summed E-state index contributed by atoms with van der Waals surface area (Å²) in [5.74, 6) is 7.24. The third-order valence-electron chi connectivity index (χ3n) is 5.76. The Morgan fingerprint density at radius 2 is 2.00 bits per heavy atom. The molecule has 1 saturated heterocycles. The Hall–Kier alpha value is -3.29. The number of carbonyl (C=O) groups is 1. The minimum atomic E-state index is -2.77. The molecule has 200 valence electrons. The predicted octanol–water partition coefficient (Wildman–Crippen LogP) is 4.55. The van der Waals surface area contributed by atoms with Crippen LogP contribution in [0.5, 0.6) is 5.75 Å². The number of hydrogen-bond acceptors (Lipinski definition) is 8. The summed E-state index contributed by atoms with van der Waals surface area (Å²) in [7, 11) is 1.38. The Kier molecular flexibility index (Phi) is 10.8. The van der Waals surface area contributed by atoms with Crippen LogP contribution in [0.4, 0.5) is 14.6 Å². The van der Waals surface area contributed by atoms with Crippen LogP contribution in [0.3, 0.4) is 0 Å². The van der Waals surface area contributed by atoms with Gasteiger partial charge in [-0.2, -0.15) is 0 Å². The molecule has 0 N–H and O–H groups in total. The Labute approximate surface area is 233 Å². The summed E-state index contributed by atoms with van der Waals surface area (Å²) in [4.78, 5) is 33.2. The normalized spacial score (nSPS) is 14.8. The zero-order valence-corrected chi connectivity index (χ0v) is 22.2. The molecule has 8 nitrogen and oxygen atoms in total. The van der Waals surface area contributed by atoms with Gasteiger partial charge in [0.05, 0.1) is 19.6 Å². The summed E-state index contributed by atoms with van der Waals surface area (Å²) in [6.45, 7) is 0.519. The molecular formula is C26H23F2N5NiO3S. The summed E-state index contributed by atoms with van der Waals surface area (Å²) in [5.41, 5.74) is 2.89. The molecule has 1 aliphatic heterocycles. The standard InChI is InChI=1S/C19H18F2N3O3.C7H5N2S.Ni/c1-27-16-10-22-15(19(20)21)7-14(16)13-8-17(23-9-12(13)11-25)24-6-4-2-3-5-18(24)26;1-2-6(1)3-4-7-9-8-5-10-7;/h7-10,19H,2-6H2,1H3;6H,1-2H2;/q2*-1;+2. The Morgan fingerprint density at radius 1 is 1.18 bits per heavy atom. The van der Waals surface area contributed by atoms with Crippen LogP contribution in [-0.2, 0) is 26.1 Å². The van der Waals surface area contributed by atoms with Gasteiger partial charge in [0.2, 0.25) is 5.91 Å². The smallest absolute Gasteiger partial charge is 0.496 e. The van der Waals surface area contributed by atoms with E-state index in [0.717, 1.165) is 24.3 Å². The fourth-order valence-corrected chi connectivity index (χ4v) is 4.02. The third-order valence-corrected chi connectivity index (χ3v) is 6.31. The van der Waals surface area contributed by atoms with Crippen molar-refractivity contribution in [1.82, 2.24) is 20.2 Å². The van der Waals surface area contributed by atoms with Crippen LogP contribution in [0.2, 0.25) is 0 Å². The van der Waals surface area contributed by atoms with E-state index in [1.165, 1.54) is 55.8 Å². The van der Waals surface area contributed by atoms with Gasteiger partial charge in [0, 0.05) is 23.9 Å². The van der Waals surface area contributed by atoms with Crippen molar-refractivity contribution in [2.75, 3.05) is 18.6 Å². The maximum atomic E-state index is 13.1. The number of aromatic nitrogens is 4. The van der Waals surface area contributed by atoms with Gasteiger partial charge in [-0.15, -0.1) is 23.0 Å². The van der Waals surface area contributed by atoms with Gasteiger partial charge in [-0.05, 0) is 37.3 Å². The Balaban J connectivity index is 0.000000303. The Bertz CT molecular complexity index is 1310. The van der Waals surface area contributed by atoms with Crippen LogP contribution >= 0.6 is 11.3 Å². The first kappa shape index (κ1) is 29.3. The number of nitrogens with zero attached hydrogens (tertiary/aromatic N) is 5. The van der Waals surface area contributed by atoms with Crippen LogP contribution in [0, 0.1) is 23.3 Å². The van der Waals surface area contributed by atoms with Crippen molar-refractivity contribution in [2.45, 2.75) is 45.0 Å². The van der Waals surface area contributed by atoms with E-state index in [9.17, 15) is 18.4 Å². The second kappa shape index (κ2) is 14.0. The van der Waals surface area contributed by atoms with E-state index >= 15 is 0 Å². The minimum absolute atomic E-state index is 0. The van der Waals surface area contributed by atoms with Crippen molar-refractivity contribution in [3.05, 3.63) is 46.3 Å². The molecule has 2 fully saturated rings. The number of methoxy groups -OCH3 is 1. The van der Waals surface area contributed by atoms with E-state index in [0.29, 0.717) is 30.3 Å². The second-order valence-corrected chi connectivity index (χ2v) is 9.17. The van der Waals surface area contributed by atoms with Gasteiger partial charge in [-0.1, -0.05) is 24.2 Å². The maximum absolute atomic E-state index is 13.1. The van der Waals surface area contributed by atoms with Gasteiger partial charge in [0.1, 0.15) is 17.3 Å². The average molecular weight is 582 g/mol. The van der Waals surface area contributed by atoms with Crippen LogP contribution in [0.25, 0.3) is 11.1 Å². The van der Waals surface area contributed by atoms with Crippen molar-refractivity contribution in [2.24, 2.45) is 5.92 Å². The van der Waals surface area contributed by atoms with Gasteiger partial charge in [0.15, 0.2) is 0 Å². The summed E-state index contributed by atoms with van der Waals surface area (Å²) < 4.78 is 31.4. The minimum Gasteiger partial charge on any atom is -0.496 e. The maximum Gasteiger partial charge on any atom is 2.00 e. The third kappa shape index (κ3) is 7.62. The van der Waals surface area contributed by atoms with E-state index in [1.54, 1.807) is 11.2 Å². The fourth-order valence-electron chi connectivity index (χ4n) is 3.66. The van der Waals surface area contributed by atoms with Gasteiger partial charge in [-0.25, -0.2) is 13.9 Å². The first-order chi connectivity index (χ1) is 18.0. The predicted molar refractivity (Wildman–Crippen MR) is 133 cm³/mol. The summed E-state index contributed by atoms with van der Waals surface area (Å²) in [6.07, 6.45) is 7.02. The number of rotatable bonds is 5. The number of pyridine rings is 2.